The van der Waals surface area contributed by atoms with Crippen molar-refractivity contribution in [3.8, 4) is 0 Å². The molecule has 1 N–H and O–H groups in total. The lowest BCUT2D eigenvalue weighted by Gasteiger charge is -2.24. The molecule has 1 aliphatic rings. The lowest BCUT2D eigenvalue weighted by Crippen LogP contribution is -2.42. The molecule has 1 heterocycles. The van der Waals surface area contributed by atoms with Crippen LogP contribution in [0.5, 0.6) is 0 Å². The first-order valence-corrected chi connectivity index (χ1v) is 9.17. The maximum Gasteiger partial charge on any atom is 0.237 e. The predicted molar refractivity (Wildman–Crippen MR) is 102 cm³/mol. The molecule has 132 valence electrons. The Labute approximate surface area is 151 Å². The van der Waals surface area contributed by atoms with Gasteiger partial charge < -0.3 is 5.32 Å². The van der Waals surface area contributed by atoms with Crippen molar-refractivity contribution in [1.82, 2.24) is 10.2 Å². The number of nitrogens with zero attached hydrogens (tertiary/aromatic N) is 1. The molecule has 25 heavy (non-hydrogen) atoms. The molecule has 3 heteroatoms. The zero-order valence-corrected chi connectivity index (χ0v) is 15.5. The fraction of sp³-hybridized carbons (Fsp3) is 0.409. The summed E-state index contributed by atoms with van der Waals surface area (Å²) in [5, 5.41) is 3.18. The maximum atomic E-state index is 12.8. The third kappa shape index (κ3) is 4.29. The van der Waals surface area contributed by atoms with Crippen LogP contribution in [0.3, 0.4) is 0 Å². The zero-order chi connectivity index (χ0) is 17.8. The van der Waals surface area contributed by atoms with E-state index in [-0.39, 0.29) is 11.9 Å². The summed E-state index contributed by atoms with van der Waals surface area (Å²) in [6.07, 6.45) is 2.04. The minimum absolute atomic E-state index is 0.00809. The van der Waals surface area contributed by atoms with Gasteiger partial charge in [0.2, 0.25) is 5.91 Å². The SMILES string of the molecule is Cc1cc(C)c(CNC(=O)[C@@H]2CCCN2Cc2ccccc2)c(C)c1. The molecule has 0 saturated carbocycles. The fourth-order valence-corrected chi connectivity index (χ4v) is 3.91. The lowest BCUT2D eigenvalue weighted by molar-refractivity contribution is -0.125. The Bertz CT molecular complexity index is 716. The third-order valence-corrected chi connectivity index (χ3v) is 5.17. The van der Waals surface area contributed by atoms with E-state index < -0.39 is 0 Å². The first kappa shape index (κ1) is 17.7. The van der Waals surface area contributed by atoms with E-state index in [1.165, 1.54) is 27.8 Å². The molecule has 1 atom stereocenters. The van der Waals surface area contributed by atoms with Crippen molar-refractivity contribution >= 4 is 5.91 Å². The molecule has 1 amide bonds. The Kier molecular flexibility index (Phi) is 5.54. The number of hydrogen-bond donors (Lipinski definition) is 1. The molecule has 0 unspecified atom stereocenters. The molecule has 1 fully saturated rings. The maximum absolute atomic E-state index is 12.8. The molecule has 3 rings (SSSR count). The average Bonchev–Trinajstić information content (AvgIpc) is 3.03. The van der Waals surface area contributed by atoms with E-state index in [0.717, 1.165) is 25.9 Å². The fourth-order valence-electron chi connectivity index (χ4n) is 3.91. The van der Waals surface area contributed by atoms with Gasteiger partial charge in [0.15, 0.2) is 0 Å². The molecular formula is C22H28N2O. The van der Waals surface area contributed by atoms with Gasteiger partial charge in [-0.15, -0.1) is 0 Å². The van der Waals surface area contributed by atoms with Crippen molar-refractivity contribution < 1.29 is 4.79 Å². The highest BCUT2D eigenvalue weighted by molar-refractivity contribution is 5.82. The Morgan fingerprint density at radius 2 is 1.80 bits per heavy atom. The Balaban J connectivity index is 1.62. The number of nitrogens with one attached hydrogen (secondary N) is 1. The summed E-state index contributed by atoms with van der Waals surface area (Å²) >= 11 is 0. The number of carbonyl (C=O) groups is 1. The van der Waals surface area contributed by atoms with Crippen molar-refractivity contribution in [3.05, 3.63) is 70.3 Å². The molecule has 0 spiro atoms. The molecule has 0 bridgehead atoms. The summed E-state index contributed by atoms with van der Waals surface area (Å²) in [5.74, 6) is 0.160. The Hall–Kier alpha value is -2.13. The van der Waals surface area contributed by atoms with Gasteiger partial charge >= 0.3 is 0 Å². The number of aryl methyl sites for hydroxylation is 3. The normalized spacial score (nSPS) is 17.6. The van der Waals surface area contributed by atoms with E-state index >= 15 is 0 Å². The van der Waals surface area contributed by atoms with E-state index in [0.29, 0.717) is 6.54 Å². The van der Waals surface area contributed by atoms with Gasteiger partial charge in [-0.2, -0.15) is 0 Å². The van der Waals surface area contributed by atoms with Gasteiger partial charge in [-0.25, -0.2) is 0 Å². The second-order valence-electron chi connectivity index (χ2n) is 7.21. The molecule has 2 aromatic carbocycles. The quantitative estimate of drug-likeness (QED) is 0.898. The van der Waals surface area contributed by atoms with Crippen molar-refractivity contribution in [3.63, 3.8) is 0 Å². The van der Waals surface area contributed by atoms with Gasteiger partial charge in [-0.3, -0.25) is 9.69 Å². The number of rotatable bonds is 5. The first-order chi connectivity index (χ1) is 12.0. The largest absolute Gasteiger partial charge is 0.351 e. The summed E-state index contributed by atoms with van der Waals surface area (Å²) in [4.78, 5) is 15.1. The molecular weight excluding hydrogens is 308 g/mol. The highest BCUT2D eigenvalue weighted by atomic mass is 16.2. The second kappa shape index (κ2) is 7.83. The van der Waals surface area contributed by atoms with Crippen LogP contribution in [0.15, 0.2) is 42.5 Å². The van der Waals surface area contributed by atoms with Gasteiger partial charge in [0, 0.05) is 13.1 Å². The minimum Gasteiger partial charge on any atom is -0.351 e. The van der Waals surface area contributed by atoms with Crippen LogP contribution in [-0.2, 0) is 17.9 Å². The molecule has 0 aliphatic carbocycles. The monoisotopic (exact) mass is 336 g/mol. The topological polar surface area (TPSA) is 32.3 Å². The van der Waals surface area contributed by atoms with Crippen molar-refractivity contribution in [2.75, 3.05) is 6.54 Å². The van der Waals surface area contributed by atoms with Gasteiger partial charge in [0.1, 0.15) is 0 Å². The molecule has 3 nitrogen and oxygen atoms in total. The van der Waals surface area contributed by atoms with E-state index in [1.54, 1.807) is 0 Å². The molecule has 1 aliphatic heterocycles. The molecule has 0 aromatic heterocycles. The number of benzene rings is 2. The standard InChI is InChI=1S/C22H28N2O/c1-16-12-17(2)20(18(3)13-16)14-23-22(25)21-10-7-11-24(21)15-19-8-5-4-6-9-19/h4-6,8-9,12-13,21H,7,10-11,14-15H2,1-3H3,(H,23,25)/t21-/m0/s1. The molecule has 0 radical (unpaired) electrons. The second-order valence-corrected chi connectivity index (χ2v) is 7.21. The van der Waals surface area contributed by atoms with Gasteiger partial charge in [0.25, 0.3) is 0 Å². The van der Waals surface area contributed by atoms with E-state index in [1.807, 2.05) is 6.07 Å². The van der Waals surface area contributed by atoms with E-state index in [9.17, 15) is 4.79 Å². The van der Waals surface area contributed by atoms with Crippen LogP contribution < -0.4 is 5.32 Å². The summed E-state index contributed by atoms with van der Waals surface area (Å²) in [7, 11) is 0. The van der Waals surface area contributed by atoms with Gasteiger partial charge in [-0.1, -0.05) is 48.0 Å². The Morgan fingerprint density at radius 1 is 1.12 bits per heavy atom. The smallest absolute Gasteiger partial charge is 0.237 e. The summed E-state index contributed by atoms with van der Waals surface area (Å²) < 4.78 is 0. The van der Waals surface area contributed by atoms with Crippen LogP contribution in [0.1, 0.15) is 40.7 Å². The Morgan fingerprint density at radius 3 is 2.48 bits per heavy atom. The van der Waals surface area contributed by atoms with Crippen molar-refractivity contribution in [2.24, 2.45) is 0 Å². The summed E-state index contributed by atoms with van der Waals surface area (Å²) in [5.41, 5.74) is 6.30. The highest BCUT2D eigenvalue weighted by Gasteiger charge is 2.30. The van der Waals surface area contributed by atoms with Crippen molar-refractivity contribution in [1.29, 1.82) is 0 Å². The van der Waals surface area contributed by atoms with Crippen LogP contribution >= 0.6 is 0 Å². The van der Waals surface area contributed by atoms with E-state index in [2.05, 4.69) is 67.4 Å². The first-order valence-electron chi connectivity index (χ1n) is 9.17. The number of likely N-dealkylation sites (tertiary alicyclic amines) is 1. The highest BCUT2D eigenvalue weighted by Crippen LogP contribution is 2.21. The lowest BCUT2D eigenvalue weighted by atomic mass is 10.00. The summed E-state index contributed by atoms with van der Waals surface area (Å²) in [6, 6.07) is 14.8. The number of amides is 1. The summed E-state index contributed by atoms with van der Waals surface area (Å²) in [6.45, 7) is 8.82. The van der Waals surface area contributed by atoms with Crippen LogP contribution in [0.25, 0.3) is 0 Å². The zero-order valence-electron chi connectivity index (χ0n) is 15.5. The van der Waals surface area contributed by atoms with Crippen LogP contribution in [0, 0.1) is 20.8 Å². The molecule has 2 aromatic rings. The van der Waals surface area contributed by atoms with Crippen LogP contribution in [-0.4, -0.2) is 23.4 Å². The third-order valence-electron chi connectivity index (χ3n) is 5.17. The number of hydrogen-bond acceptors (Lipinski definition) is 2. The van der Waals surface area contributed by atoms with E-state index in [4.69, 9.17) is 0 Å². The van der Waals surface area contributed by atoms with Gasteiger partial charge in [0.05, 0.1) is 6.04 Å². The van der Waals surface area contributed by atoms with Crippen molar-refractivity contribution in [2.45, 2.75) is 52.7 Å². The minimum atomic E-state index is -0.00809. The van der Waals surface area contributed by atoms with Crippen LogP contribution in [0.2, 0.25) is 0 Å². The predicted octanol–water partition coefficient (Wildman–Crippen LogP) is 3.89. The molecule has 1 saturated heterocycles. The van der Waals surface area contributed by atoms with Crippen LogP contribution in [0.4, 0.5) is 0 Å². The average molecular weight is 336 g/mol. The number of carbonyl (C=O) groups excluding carboxylic acids is 1. The van der Waals surface area contributed by atoms with Gasteiger partial charge in [-0.05, 0) is 62.4 Å².